The molecule has 3 heterocycles. The number of nitrogens with two attached hydrogens (primary N) is 1. The summed E-state index contributed by atoms with van der Waals surface area (Å²) in [7, 11) is 0. The van der Waals surface area contributed by atoms with Crippen molar-refractivity contribution in [1.82, 2.24) is 24.6 Å². The summed E-state index contributed by atoms with van der Waals surface area (Å²) >= 11 is 1.30. The van der Waals surface area contributed by atoms with Crippen molar-refractivity contribution in [2.24, 2.45) is 0 Å². The third-order valence-electron chi connectivity index (χ3n) is 2.76. The lowest BCUT2D eigenvalue weighted by Crippen LogP contribution is -1.88. The van der Waals surface area contributed by atoms with Gasteiger partial charge < -0.3 is 10.2 Å². The maximum atomic E-state index is 5.72. The lowest BCUT2D eigenvalue weighted by Gasteiger charge is -1.97. The van der Waals surface area contributed by atoms with E-state index >= 15 is 0 Å². The number of hydrogen-bond acceptors (Lipinski definition) is 7. The zero-order valence-corrected chi connectivity index (χ0v) is 10.9. The third-order valence-corrected chi connectivity index (χ3v) is 3.59. The Morgan fingerprint density at radius 1 is 1.30 bits per heavy atom. The predicted molar refractivity (Wildman–Crippen MR) is 73.3 cm³/mol. The Hall–Kier alpha value is -2.61. The highest BCUT2D eigenvalue weighted by Crippen LogP contribution is 2.30. The van der Waals surface area contributed by atoms with Crippen LogP contribution >= 0.6 is 11.8 Å². The number of rotatable bonds is 2. The van der Waals surface area contributed by atoms with Gasteiger partial charge >= 0.3 is 0 Å². The fourth-order valence-electron chi connectivity index (χ4n) is 1.85. The molecule has 4 rings (SSSR count). The molecule has 98 valence electrons. The van der Waals surface area contributed by atoms with Gasteiger partial charge in [0.1, 0.15) is 11.8 Å². The quantitative estimate of drug-likeness (QED) is 0.562. The standard InChI is InChI=1S/C12H8N6OS/c13-7-1-2-8-9(5-7)19-12(16-8)20-11-10-17-15-6-18(10)4-3-14-11/h1-6H,13H2. The van der Waals surface area contributed by atoms with E-state index in [2.05, 4.69) is 20.2 Å². The van der Waals surface area contributed by atoms with E-state index in [-0.39, 0.29) is 0 Å². The Morgan fingerprint density at radius 3 is 3.20 bits per heavy atom. The second kappa shape index (κ2) is 4.20. The van der Waals surface area contributed by atoms with Crippen molar-refractivity contribution in [2.45, 2.75) is 10.2 Å². The number of benzene rings is 1. The molecule has 0 bridgehead atoms. The average molecular weight is 284 g/mol. The van der Waals surface area contributed by atoms with E-state index in [1.54, 1.807) is 35.3 Å². The van der Waals surface area contributed by atoms with Crippen LogP contribution in [0.5, 0.6) is 0 Å². The van der Waals surface area contributed by atoms with E-state index in [1.807, 2.05) is 6.07 Å². The average Bonchev–Trinajstić information content (AvgIpc) is 3.04. The summed E-state index contributed by atoms with van der Waals surface area (Å²) in [6.07, 6.45) is 5.08. The first kappa shape index (κ1) is 11.2. The maximum absolute atomic E-state index is 5.72. The van der Waals surface area contributed by atoms with Crippen molar-refractivity contribution in [3.63, 3.8) is 0 Å². The fraction of sp³-hybridized carbons (Fsp3) is 0. The first-order valence-corrected chi connectivity index (χ1v) is 6.59. The predicted octanol–water partition coefficient (Wildman–Crippen LogP) is 2.00. The van der Waals surface area contributed by atoms with Crippen LogP contribution in [-0.4, -0.2) is 24.6 Å². The lowest BCUT2D eigenvalue weighted by molar-refractivity contribution is 0.489. The molecule has 8 heteroatoms. The molecule has 3 aromatic heterocycles. The zero-order chi connectivity index (χ0) is 13.5. The molecule has 0 amide bonds. The molecule has 4 aromatic rings. The van der Waals surface area contributed by atoms with E-state index < -0.39 is 0 Å². The molecule has 20 heavy (non-hydrogen) atoms. The third kappa shape index (κ3) is 1.77. The van der Waals surface area contributed by atoms with Gasteiger partial charge in [0.2, 0.25) is 0 Å². The van der Waals surface area contributed by atoms with Crippen LogP contribution in [0.3, 0.4) is 0 Å². The second-order valence-corrected chi connectivity index (χ2v) is 5.04. The van der Waals surface area contributed by atoms with Crippen molar-refractivity contribution in [1.29, 1.82) is 0 Å². The molecule has 7 nitrogen and oxygen atoms in total. The second-order valence-electron chi connectivity index (χ2n) is 4.10. The highest BCUT2D eigenvalue weighted by molar-refractivity contribution is 7.99. The number of fused-ring (bicyclic) bond motifs is 2. The summed E-state index contributed by atoms with van der Waals surface area (Å²) in [6, 6.07) is 5.36. The summed E-state index contributed by atoms with van der Waals surface area (Å²) < 4.78 is 7.44. The Kier molecular flexibility index (Phi) is 2.36. The van der Waals surface area contributed by atoms with Crippen LogP contribution < -0.4 is 5.73 Å². The minimum Gasteiger partial charge on any atom is -0.431 e. The Bertz CT molecular complexity index is 915. The van der Waals surface area contributed by atoms with Gasteiger partial charge in [-0.2, -0.15) is 0 Å². The highest BCUT2D eigenvalue weighted by Gasteiger charge is 2.12. The Morgan fingerprint density at radius 2 is 2.25 bits per heavy atom. The minimum absolute atomic E-state index is 0.495. The van der Waals surface area contributed by atoms with Gasteiger partial charge in [0, 0.05) is 24.1 Å². The van der Waals surface area contributed by atoms with Crippen LogP contribution in [0.15, 0.2) is 51.6 Å². The lowest BCUT2D eigenvalue weighted by atomic mass is 10.3. The van der Waals surface area contributed by atoms with E-state index in [9.17, 15) is 0 Å². The van der Waals surface area contributed by atoms with Crippen molar-refractivity contribution in [2.75, 3.05) is 5.73 Å². The molecule has 0 atom stereocenters. The van der Waals surface area contributed by atoms with Gasteiger partial charge in [-0.05, 0) is 23.9 Å². The first-order valence-electron chi connectivity index (χ1n) is 5.78. The summed E-state index contributed by atoms with van der Waals surface area (Å²) in [6.45, 7) is 0. The first-order chi connectivity index (χ1) is 9.79. The molecule has 0 aliphatic carbocycles. The van der Waals surface area contributed by atoms with E-state index in [4.69, 9.17) is 10.2 Å². The Balaban J connectivity index is 1.78. The summed E-state index contributed by atoms with van der Waals surface area (Å²) in [5.74, 6) is 0. The van der Waals surface area contributed by atoms with Crippen molar-refractivity contribution in [3.8, 4) is 0 Å². The van der Waals surface area contributed by atoms with Crippen LogP contribution in [0, 0.1) is 0 Å². The number of nitrogen functional groups attached to an aromatic ring is 1. The number of nitrogens with zero attached hydrogens (tertiary/aromatic N) is 5. The summed E-state index contributed by atoms with van der Waals surface area (Å²) in [5.41, 5.74) is 8.44. The molecule has 0 saturated heterocycles. The van der Waals surface area contributed by atoms with E-state index in [0.29, 0.717) is 27.2 Å². The Labute approximate surface area is 116 Å². The number of anilines is 1. The van der Waals surface area contributed by atoms with Gasteiger partial charge in [0.05, 0.1) is 0 Å². The number of hydrogen-bond donors (Lipinski definition) is 1. The zero-order valence-electron chi connectivity index (χ0n) is 10.1. The molecule has 2 N–H and O–H groups in total. The molecule has 0 unspecified atom stereocenters. The van der Waals surface area contributed by atoms with Crippen LogP contribution in [0.2, 0.25) is 0 Å². The molecule has 0 radical (unpaired) electrons. The monoisotopic (exact) mass is 284 g/mol. The topological polar surface area (TPSA) is 95.1 Å². The van der Waals surface area contributed by atoms with E-state index in [0.717, 1.165) is 5.52 Å². The van der Waals surface area contributed by atoms with Crippen LogP contribution in [-0.2, 0) is 0 Å². The van der Waals surface area contributed by atoms with Crippen molar-refractivity contribution < 1.29 is 4.42 Å². The van der Waals surface area contributed by atoms with E-state index in [1.165, 1.54) is 11.8 Å². The molecule has 0 fully saturated rings. The van der Waals surface area contributed by atoms with Gasteiger partial charge in [-0.3, -0.25) is 4.40 Å². The molecular formula is C12H8N6OS. The number of aromatic nitrogens is 5. The van der Waals surface area contributed by atoms with Gasteiger partial charge in [-0.25, -0.2) is 9.97 Å². The molecule has 0 aliphatic heterocycles. The summed E-state index contributed by atoms with van der Waals surface area (Å²) in [5, 5.41) is 9.05. The SMILES string of the molecule is Nc1ccc2nc(Sc3nccn4cnnc34)oc2c1. The summed E-state index contributed by atoms with van der Waals surface area (Å²) in [4.78, 5) is 8.66. The van der Waals surface area contributed by atoms with Crippen LogP contribution in [0.4, 0.5) is 5.69 Å². The van der Waals surface area contributed by atoms with Crippen molar-refractivity contribution >= 4 is 34.2 Å². The van der Waals surface area contributed by atoms with Crippen LogP contribution in [0.1, 0.15) is 0 Å². The molecule has 0 saturated carbocycles. The van der Waals surface area contributed by atoms with Gasteiger partial charge in [0.15, 0.2) is 16.3 Å². The molecular weight excluding hydrogens is 276 g/mol. The van der Waals surface area contributed by atoms with Gasteiger partial charge in [-0.15, -0.1) is 10.2 Å². The molecule has 0 aliphatic rings. The normalized spacial score (nSPS) is 11.4. The molecule has 1 aromatic carbocycles. The molecule has 0 spiro atoms. The van der Waals surface area contributed by atoms with Crippen LogP contribution in [0.25, 0.3) is 16.7 Å². The largest absolute Gasteiger partial charge is 0.431 e. The fourth-order valence-corrected chi connectivity index (χ4v) is 2.65. The maximum Gasteiger partial charge on any atom is 0.263 e. The van der Waals surface area contributed by atoms with Gasteiger partial charge in [-0.1, -0.05) is 0 Å². The van der Waals surface area contributed by atoms with Gasteiger partial charge in [0.25, 0.3) is 5.22 Å². The smallest absolute Gasteiger partial charge is 0.263 e. The highest BCUT2D eigenvalue weighted by atomic mass is 32.2. The number of oxazole rings is 1. The van der Waals surface area contributed by atoms with Crippen molar-refractivity contribution in [3.05, 3.63) is 36.9 Å². The minimum atomic E-state index is 0.495.